The lowest BCUT2D eigenvalue weighted by atomic mass is 9.96. The highest BCUT2D eigenvalue weighted by molar-refractivity contribution is 7.92. The summed E-state index contributed by atoms with van der Waals surface area (Å²) in [5.74, 6) is 0.423. The Bertz CT molecular complexity index is 1090. The van der Waals surface area contributed by atoms with Crippen LogP contribution in [0, 0.1) is 5.82 Å². The molecule has 0 fully saturated rings. The van der Waals surface area contributed by atoms with Crippen LogP contribution in [-0.4, -0.2) is 25.7 Å². The number of sulfonamides is 1. The zero-order valence-corrected chi connectivity index (χ0v) is 17.4. The molecule has 0 amide bonds. The van der Waals surface area contributed by atoms with E-state index in [2.05, 4.69) is 10.1 Å². The molecular formula is C20H22FN3O4S. The first-order valence-electron chi connectivity index (χ1n) is 8.87. The van der Waals surface area contributed by atoms with E-state index in [1.54, 1.807) is 24.3 Å². The molecule has 7 nitrogen and oxygen atoms in total. The van der Waals surface area contributed by atoms with E-state index < -0.39 is 15.8 Å². The number of halogens is 1. The monoisotopic (exact) mass is 419 g/mol. The van der Waals surface area contributed by atoms with E-state index in [4.69, 9.17) is 9.26 Å². The van der Waals surface area contributed by atoms with Crippen molar-refractivity contribution in [3.8, 4) is 5.75 Å². The average Bonchev–Trinajstić information content (AvgIpc) is 3.15. The van der Waals surface area contributed by atoms with Crippen molar-refractivity contribution in [2.75, 3.05) is 11.4 Å². The molecule has 2 aromatic carbocycles. The van der Waals surface area contributed by atoms with Crippen LogP contribution in [0.5, 0.6) is 5.75 Å². The van der Waals surface area contributed by atoms with Crippen LogP contribution in [0.25, 0.3) is 0 Å². The third kappa shape index (κ3) is 4.40. The summed E-state index contributed by atoms with van der Waals surface area (Å²) in [6.45, 7) is 5.57. The minimum absolute atomic E-state index is 0.0691. The van der Waals surface area contributed by atoms with Crippen molar-refractivity contribution < 1.29 is 22.1 Å². The molecule has 0 bridgehead atoms. The second-order valence-electron chi connectivity index (χ2n) is 7.40. The fraction of sp³-hybridized carbons (Fsp3) is 0.300. The van der Waals surface area contributed by atoms with Crippen molar-refractivity contribution in [2.24, 2.45) is 0 Å². The maximum Gasteiger partial charge on any atom is 0.264 e. The van der Waals surface area contributed by atoms with Gasteiger partial charge in [0.15, 0.2) is 5.82 Å². The molecule has 9 heteroatoms. The Balaban J connectivity index is 2.09. The predicted octanol–water partition coefficient (Wildman–Crippen LogP) is 3.91. The summed E-state index contributed by atoms with van der Waals surface area (Å²) in [4.78, 5) is 4.27. The van der Waals surface area contributed by atoms with Gasteiger partial charge in [-0.1, -0.05) is 38.1 Å². The number of ether oxygens (including phenoxy) is 1. The van der Waals surface area contributed by atoms with Gasteiger partial charge in [0.25, 0.3) is 10.0 Å². The Morgan fingerprint density at radius 3 is 2.34 bits per heavy atom. The first-order chi connectivity index (χ1) is 13.6. The van der Waals surface area contributed by atoms with Crippen molar-refractivity contribution in [1.29, 1.82) is 0 Å². The minimum atomic E-state index is -4.07. The second-order valence-corrected chi connectivity index (χ2v) is 9.26. The number of aromatic nitrogens is 2. The highest BCUT2D eigenvalue weighted by Crippen LogP contribution is 2.33. The van der Waals surface area contributed by atoms with Crippen molar-refractivity contribution in [3.63, 3.8) is 0 Å². The standard InChI is InChI=1S/C20H22FN3O4S/c1-20(2,3)19-22-18(28-23-19)13-24(16-7-5-6-8-17(16)27-4)29(25,26)15-11-9-14(21)10-12-15/h5-12H,13H2,1-4H3. The van der Waals surface area contributed by atoms with Gasteiger partial charge in [-0.2, -0.15) is 4.98 Å². The molecule has 0 saturated carbocycles. The lowest BCUT2D eigenvalue weighted by Crippen LogP contribution is -2.31. The van der Waals surface area contributed by atoms with E-state index in [0.717, 1.165) is 16.4 Å². The molecule has 0 aliphatic rings. The Morgan fingerprint density at radius 1 is 1.10 bits per heavy atom. The SMILES string of the molecule is COc1ccccc1N(Cc1nc(C(C)(C)C)no1)S(=O)(=O)c1ccc(F)cc1. The van der Waals surface area contributed by atoms with Gasteiger partial charge in [0.1, 0.15) is 18.1 Å². The van der Waals surface area contributed by atoms with E-state index in [-0.39, 0.29) is 22.7 Å². The molecule has 3 aromatic rings. The number of anilines is 1. The van der Waals surface area contributed by atoms with Gasteiger partial charge in [0.2, 0.25) is 5.89 Å². The van der Waals surface area contributed by atoms with Crippen LogP contribution in [0.3, 0.4) is 0 Å². The molecule has 154 valence electrons. The minimum Gasteiger partial charge on any atom is -0.495 e. The number of hydrogen-bond acceptors (Lipinski definition) is 6. The summed E-state index contributed by atoms with van der Waals surface area (Å²) >= 11 is 0. The van der Waals surface area contributed by atoms with Crippen LogP contribution >= 0.6 is 0 Å². The van der Waals surface area contributed by atoms with E-state index in [1.165, 1.54) is 19.2 Å². The number of benzene rings is 2. The van der Waals surface area contributed by atoms with E-state index in [9.17, 15) is 12.8 Å². The highest BCUT2D eigenvalue weighted by Gasteiger charge is 2.30. The molecule has 0 N–H and O–H groups in total. The van der Waals surface area contributed by atoms with Gasteiger partial charge in [-0.25, -0.2) is 12.8 Å². The van der Waals surface area contributed by atoms with Crippen molar-refractivity contribution in [1.82, 2.24) is 10.1 Å². The summed E-state index contributed by atoms with van der Waals surface area (Å²) < 4.78 is 51.8. The second kappa shape index (κ2) is 7.82. The summed E-state index contributed by atoms with van der Waals surface area (Å²) in [6, 6.07) is 11.3. The molecule has 3 rings (SSSR count). The Labute approximate surface area is 169 Å². The number of rotatable bonds is 6. The molecule has 0 saturated heterocycles. The quantitative estimate of drug-likeness (QED) is 0.602. The zero-order valence-electron chi connectivity index (χ0n) is 16.6. The number of hydrogen-bond donors (Lipinski definition) is 0. The van der Waals surface area contributed by atoms with E-state index in [1.807, 2.05) is 20.8 Å². The topological polar surface area (TPSA) is 85.5 Å². The maximum absolute atomic E-state index is 13.4. The van der Waals surface area contributed by atoms with Crippen LogP contribution in [0.2, 0.25) is 0 Å². The van der Waals surface area contributed by atoms with Crippen molar-refractivity contribution in [2.45, 2.75) is 37.6 Å². The van der Waals surface area contributed by atoms with Crippen LogP contribution in [0.1, 0.15) is 32.5 Å². The van der Waals surface area contributed by atoms with Gasteiger partial charge in [0, 0.05) is 5.41 Å². The largest absolute Gasteiger partial charge is 0.495 e. The molecule has 0 radical (unpaired) electrons. The van der Waals surface area contributed by atoms with Crippen LogP contribution in [0.15, 0.2) is 57.9 Å². The molecule has 0 atom stereocenters. The molecule has 0 spiro atoms. The molecule has 0 unspecified atom stereocenters. The van der Waals surface area contributed by atoms with Gasteiger partial charge < -0.3 is 9.26 Å². The van der Waals surface area contributed by atoms with Crippen LogP contribution < -0.4 is 9.04 Å². The Hall–Kier alpha value is -2.94. The average molecular weight is 419 g/mol. The summed E-state index contributed by atoms with van der Waals surface area (Å²) in [7, 11) is -2.62. The number of methoxy groups -OCH3 is 1. The third-order valence-electron chi connectivity index (χ3n) is 4.17. The smallest absolute Gasteiger partial charge is 0.264 e. The number of nitrogens with zero attached hydrogens (tertiary/aromatic N) is 3. The normalized spacial score (nSPS) is 12.0. The predicted molar refractivity (Wildman–Crippen MR) is 106 cm³/mol. The fourth-order valence-corrected chi connectivity index (χ4v) is 4.04. The summed E-state index contributed by atoms with van der Waals surface area (Å²) in [5, 5.41) is 3.95. The maximum atomic E-state index is 13.4. The zero-order chi connectivity index (χ0) is 21.2. The van der Waals surface area contributed by atoms with Gasteiger partial charge in [-0.05, 0) is 36.4 Å². The number of para-hydroxylation sites is 2. The van der Waals surface area contributed by atoms with Gasteiger partial charge >= 0.3 is 0 Å². The first kappa shape index (κ1) is 20.8. The van der Waals surface area contributed by atoms with Gasteiger partial charge in [0.05, 0.1) is 17.7 Å². The fourth-order valence-electron chi connectivity index (χ4n) is 2.62. The molecule has 0 aliphatic heterocycles. The highest BCUT2D eigenvalue weighted by atomic mass is 32.2. The third-order valence-corrected chi connectivity index (χ3v) is 5.95. The van der Waals surface area contributed by atoms with Crippen LogP contribution in [0.4, 0.5) is 10.1 Å². The van der Waals surface area contributed by atoms with E-state index >= 15 is 0 Å². The lowest BCUT2D eigenvalue weighted by Gasteiger charge is -2.24. The van der Waals surface area contributed by atoms with Gasteiger partial charge in [-0.3, -0.25) is 4.31 Å². The van der Waals surface area contributed by atoms with Crippen molar-refractivity contribution in [3.05, 3.63) is 66.1 Å². The Morgan fingerprint density at radius 2 is 1.76 bits per heavy atom. The molecular weight excluding hydrogens is 397 g/mol. The van der Waals surface area contributed by atoms with Crippen molar-refractivity contribution >= 4 is 15.7 Å². The Kier molecular flexibility index (Phi) is 5.61. The summed E-state index contributed by atoms with van der Waals surface area (Å²) in [5.41, 5.74) is -0.0535. The molecule has 1 aromatic heterocycles. The summed E-state index contributed by atoms with van der Waals surface area (Å²) in [6.07, 6.45) is 0. The van der Waals surface area contributed by atoms with Gasteiger partial charge in [-0.15, -0.1) is 0 Å². The van der Waals surface area contributed by atoms with E-state index in [0.29, 0.717) is 17.3 Å². The molecule has 0 aliphatic carbocycles. The lowest BCUT2D eigenvalue weighted by molar-refractivity contribution is 0.363. The molecule has 29 heavy (non-hydrogen) atoms. The molecule has 1 heterocycles. The van der Waals surface area contributed by atoms with Crippen LogP contribution in [-0.2, 0) is 22.0 Å². The first-order valence-corrected chi connectivity index (χ1v) is 10.3.